The van der Waals surface area contributed by atoms with Crippen molar-refractivity contribution in [3.8, 4) is 17.5 Å². The number of carbonyl (C=O) groups is 1. The number of aromatic amines is 1. The predicted octanol–water partition coefficient (Wildman–Crippen LogP) is 3.73. The van der Waals surface area contributed by atoms with Crippen LogP contribution in [0.4, 0.5) is 5.69 Å². The molecule has 0 spiro atoms. The highest BCUT2D eigenvalue weighted by Gasteiger charge is 2.11. The molecule has 0 saturated carbocycles. The van der Waals surface area contributed by atoms with Crippen LogP contribution in [-0.2, 0) is 4.79 Å². The molecule has 124 valence electrons. The first kappa shape index (κ1) is 17.0. The van der Waals surface area contributed by atoms with Crippen molar-refractivity contribution in [2.75, 3.05) is 11.1 Å². The fourth-order valence-electron chi connectivity index (χ4n) is 2.07. The lowest BCUT2D eigenvalue weighted by Gasteiger charge is -2.06. The van der Waals surface area contributed by atoms with Crippen LogP contribution in [0.25, 0.3) is 11.4 Å². The lowest BCUT2D eigenvalue weighted by Crippen LogP contribution is -2.15. The van der Waals surface area contributed by atoms with Gasteiger partial charge in [-0.3, -0.25) is 9.89 Å². The van der Waals surface area contributed by atoms with Crippen LogP contribution in [0.15, 0.2) is 53.7 Å². The summed E-state index contributed by atoms with van der Waals surface area (Å²) in [6.45, 7) is 0. The highest BCUT2D eigenvalue weighted by molar-refractivity contribution is 7.99. The first-order chi connectivity index (χ1) is 12.2. The van der Waals surface area contributed by atoms with Gasteiger partial charge in [-0.2, -0.15) is 5.26 Å². The summed E-state index contributed by atoms with van der Waals surface area (Å²) in [5.41, 5.74) is 1.66. The van der Waals surface area contributed by atoms with Crippen molar-refractivity contribution < 1.29 is 4.79 Å². The van der Waals surface area contributed by atoms with Gasteiger partial charge < -0.3 is 5.32 Å². The standard InChI is InChI=1S/C17H12ClN5OS/c18-13-7-6-12(9-19)14(8-13)20-15(24)10-25-17-21-16(22-23-17)11-4-2-1-3-5-11/h1-8H,10H2,(H,20,24)(H,21,22,23). The molecule has 0 unspecified atom stereocenters. The normalized spacial score (nSPS) is 10.2. The van der Waals surface area contributed by atoms with Gasteiger partial charge in [0.1, 0.15) is 6.07 Å². The van der Waals surface area contributed by atoms with Crippen molar-refractivity contribution in [3.63, 3.8) is 0 Å². The molecular weight excluding hydrogens is 358 g/mol. The van der Waals surface area contributed by atoms with Gasteiger partial charge in [0, 0.05) is 10.6 Å². The van der Waals surface area contributed by atoms with E-state index < -0.39 is 0 Å². The molecule has 2 N–H and O–H groups in total. The second-order valence-electron chi connectivity index (χ2n) is 4.97. The van der Waals surface area contributed by atoms with E-state index in [9.17, 15) is 4.79 Å². The average molecular weight is 370 g/mol. The Labute approximate surface area is 153 Å². The van der Waals surface area contributed by atoms with Crippen molar-refractivity contribution in [2.45, 2.75) is 5.16 Å². The first-order valence-electron chi connectivity index (χ1n) is 7.26. The van der Waals surface area contributed by atoms with Gasteiger partial charge in [-0.05, 0) is 18.2 Å². The van der Waals surface area contributed by atoms with Crippen LogP contribution >= 0.6 is 23.4 Å². The quantitative estimate of drug-likeness (QED) is 0.668. The van der Waals surface area contributed by atoms with Gasteiger partial charge in [0.2, 0.25) is 11.1 Å². The third-order valence-electron chi connectivity index (χ3n) is 3.22. The Morgan fingerprint density at radius 1 is 1.28 bits per heavy atom. The largest absolute Gasteiger partial charge is 0.324 e. The summed E-state index contributed by atoms with van der Waals surface area (Å²) in [5, 5.41) is 19.6. The van der Waals surface area contributed by atoms with Crippen LogP contribution < -0.4 is 5.32 Å². The number of carbonyl (C=O) groups excluding carboxylic acids is 1. The number of nitrogens with one attached hydrogen (secondary N) is 2. The molecule has 0 aliphatic heterocycles. The third kappa shape index (κ3) is 4.38. The van der Waals surface area contributed by atoms with Crippen molar-refractivity contribution in [1.29, 1.82) is 5.26 Å². The summed E-state index contributed by atoms with van der Waals surface area (Å²) < 4.78 is 0. The number of anilines is 1. The Balaban J connectivity index is 1.61. The van der Waals surface area contributed by atoms with Crippen LogP contribution in [0, 0.1) is 11.3 Å². The molecule has 25 heavy (non-hydrogen) atoms. The Bertz CT molecular complexity index is 936. The lowest BCUT2D eigenvalue weighted by molar-refractivity contribution is -0.113. The lowest BCUT2D eigenvalue weighted by atomic mass is 10.2. The highest BCUT2D eigenvalue weighted by atomic mass is 35.5. The summed E-state index contributed by atoms with van der Waals surface area (Å²) in [4.78, 5) is 16.4. The summed E-state index contributed by atoms with van der Waals surface area (Å²) in [6, 6.07) is 16.3. The summed E-state index contributed by atoms with van der Waals surface area (Å²) >= 11 is 7.10. The third-order valence-corrected chi connectivity index (χ3v) is 4.30. The smallest absolute Gasteiger partial charge is 0.234 e. The van der Waals surface area contributed by atoms with Gasteiger partial charge in [0.15, 0.2) is 5.82 Å². The van der Waals surface area contributed by atoms with Gasteiger partial charge >= 0.3 is 0 Å². The molecule has 3 aromatic rings. The zero-order valence-electron chi connectivity index (χ0n) is 12.9. The number of rotatable bonds is 5. The maximum absolute atomic E-state index is 12.1. The number of hydrogen-bond donors (Lipinski definition) is 2. The van der Waals surface area contributed by atoms with Crippen LogP contribution in [0.3, 0.4) is 0 Å². The van der Waals surface area contributed by atoms with Crippen molar-refractivity contribution in [3.05, 3.63) is 59.1 Å². The van der Waals surface area contributed by atoms with E-state index >= 15 is 0 Å². The summed E-state index contributed by atoms with van der Waals surface area (Å²) in [6.07, 6.45) is 0. The van der Waals surface area contributed by atoms with Crippen molar-refractivity contribution in [2.24, 2.45) is 0 Å². The second kappa shape index (κ2) is 7.83. The molecule has 3 rings (SSSR count). The molecule has 0 fully saturated rings. The molecule has 8 heteroatoms. The van der Waals surface area contributed by atoms with E-state index in [-0.39, 0.29) is 11.7 Å². The average Bonchev–Trinajstić information content (AvgIpc) is 3.10. The zero-order chi connectivity index (χ0) is 17.6. The molecule has 0 aliphatic carbocycles. The Morgan fingerprint density at radius 2 is 2.08 bits per heavy atom. The molecule has 2 aromatic carbocycles. The van der Waals surface area contributed by atoms with E-state index in [4.69, 9.17) is 16.9 Å². The molecule has 0 atom stereocenters. The number of H-pyrrole nitrogens is 1. The number of benzene rings is 2. The fraction of sp³-hybridized carbons (Fsp3) is 0.0588. The van der Waals surface area contributed by atoms with E-state index in [1.54, 1.807) is 18.2 Å². The van der Waals surface area contributed by atoms with Gasteiger partial charge in [-0.1, -0.05) is 53.7 Å². The number of amides is 1. The van der Waals surface area contributed by atoms with E-state index in [1.165, 1.54) is 11.8 Å². The number of thioether (sulfide) groups is 1. The van der Waals surface area contributed by atoms with Gasteiger partial charge in [0.25, 0.3) is 0 Å². The first-order valence-corrected chi connectivity index (χ1v) is 8.62. The number of nitriles is 1. The number of nitrogens with zero attached hydrogens (tertiary/aromatic N) is 3. The van der Waals surface area contributed by atoms with Crippen LogP contribution in [-0.4, -0.2) is 26.8 Å². The molecule has 1 heterocycles. The van der Waals surface area contributed by atoms with Crippen molar-refractivity contribution in [1.82, 2.24) is 15.2 Å². The van der Waals surface area contributed by atoms with Crippen LogP contribution in [0.2, 0.25) is 5.02 Å². The van der Waals surface area contributed by atoms with Crippen LogP contribution in [0.1, 0.15) is 5.56 Å². The van der Waals surface area contributed by atoms with E-state index in [1.807, 2.05) is 36.4 Å². The van der Waals surface area contributed by atoms with Gasteiger partial charge in [0.05, 0.1) is 17.0 Å². The maximum atomic E-state index is 12.1. The molecule has 0 bridgehead atoms. The molecule has 6 nitrogen and oxygen atoms in total. The monoisotopic (exact) mass is 369 g/mol. The molecule has 1 aromatic heterocycles. The number of hydrogen-bond acceptors (Lipinski definition) is 5. The second-order valence-corrected chi connectivity index (χ2v) is 6.35. The van der Waals surface area contributed by atoms with E-state index in [2.05, 4.69) is 20.5 Å². The predicted molar refractivity (Wildman–Crippen MR) is 97.3 cm³/mol. The molecule has 0 radical (unpaired) electrons. The minimum atomic E-state index is -0.269. The topological polar surface area (TPSA) is 94.5 Å². The Morgan fingerprint density at radius 3 is 2.84 bits per heavy atom. The molecular formula is C17H12ClN5OS. The van der Waals surface area contributed by atoms with E-state index in [0.717, 1.165) is 5.56 Å². The molecule has 1 amide bonds. The Hall–Kier alpha value is -2.82. The minimum Gasteiger partial charge on any atom is -0.324 e. The molecule has 0 aliphatic rings. The summed E-state index contributed by atoms with van der Waals surface area (Å²) in [7, 11) is 0. The zero-order valence-corrected chi connectivity index (χ0v) is 14.4. The highest BCUT2D eigenvalue weighted by Crippen LogP contribution is 2.22. The van der Waals surface area contributed by atoms with Crippen molar-refractivity contribution >= 4 is 35.0 Å². The number of aromatic nitrogens is 3. The van der Waals surface area contributed by atoms with Gasteiger partial charge in [-0.15, -0.1) is 5.10 Å². The fourth-order valence-corrected chi connectivity index (χ4v) is 2.84. The van der Waals surface area contributed by atoms with Crippen LogP contribution in [0.5, 0.6) is 0 Å². The maximum Gasteiger partial charge on any atom is 0.234 e. The van der Waals surface area contributed by atoms with E-state index in [0.29, 0.717) is 27.3 Å². The molecule has 0 saturated heterocycles. The number of halogens is 1. The Kier molecular flexibility index (Phi) is 5.33. The summed E-state index contributed by atoms with van der Waals surface area (Å²) in [5.74, 6) is 0.489. The van der Waals surface area contributed by atoms with Gasteiger partial charge in [-0.25, -0.2) is 4.98 Å². The minimum absolute atomic E-state index is 0.115. The SMILES string of the molecule is N#Cc1ccc(Cl)cc1NC(=O)CSc1n[nH]c(-c2ccccc2)n1.